The van der Waals surface area contributed by atoms with E-state index in [1.165, 1.54) is 11.8 Å². The number of amides is 1. The smallest absolute Gasteiger partial charge is 0.266 e. The third kappa shape index (κ3) is 4.37. The van der Waals surface area contributed by atoms with Gasteiger partial charge in [-0.25, -0.2) is 15.0 Å². The lowest BCUT2D eigenvalue weighted by atomic mass is 10.1. The van der Waals surface area contributed by atoms with Crippen LogP contribution in [0.15, 0.2) is 64.8 Å². The number of halogens is 1. The van der Waals surface area contributed by atoms with Gasteiger partial charge in [-0.3, -0.25) is 19.5 Å². The van der Waals surface area contributed by atoms with Gasteiger partial charge in [-0.2, -0.15) is 0 Å². The van der Waals surface area contributed by atoms with Crippen LogP contribution in [-0.4, -0.2) is 30.7 Å². The summed E-state index contributed by atoms with van der Waals surface area (Å²) in [7, 11) is 0. The zero-order chi connectivity index (χ0) is 22.8. The second kappa shape index (κ2) is 9.10. The first kappa shape index (κ1) is 22.0. The minimum atomic E-state index is -0.571. The highest BCUT2D eigenvalue weighted by Crippen LogP contribution is 2.28. The van der Waals surface area contributed by atoms with E-state index in [0.29, 0.717) is 21.1 Å². The minimum Gasteiger partial charge on any atom is -0.294 e. The Kier molecular flexibility index (Phi) is 6.25. The molecule has 0 saturated heterocycles. The van der Waals surface area contributed by atoms with Crippen LogP contribution in [0.25, 0.3) is 16.6 Å². The molecule has 162 valence electrons. The number of aryl methyl sites for hydroxylation is 1. The molecule has 7 nitrogen and oxygen atoms in total. The van der Waals surface area contributed by atoms with E-state index < -0.39 is 5.25 Å². The standard InChI is InChI=1S/C23H20ClN5O2S/c1-13-6-4-7-19(14(13)2)29-21(31)17-9-8-16(24)12-18(17)27-23(29)32-15(3)20(30)28-22-25-10-5-11-26-22/h4-12,15H,1-3H3,(H,25,26,28,30). The Morgan fingerprint density at radius 1 is 1.12 bits per heavy atom. The summed E-state index contributed by atoms with van der Waals surface area (Å²) in [6.07, 6.45) is 3.10. The summed E-state index contributed by atoms with van der Waals surface area (Å²) < 4.78 is 1.56. The van der Waals surface area contributed by atoms with Crippen molar-refractivity contribution in [1.29, 1.82) is 0 Å². The van der Waals surface area contributed by atoms with Gasteiger partial charge in [0.25, 0.3) is 5.56 Å². The molecular formula is C23H20ClN5O2S. The molecule has 1 atom stereocenters. The summed E-state index contributed by atoms with van der Waals surface area (Å²) in [6, 6.07) is 12.4. The number of aromatic nitrogens is 4. The zero-order valence-electron chi connectivity index (χ0n) is 17.7. The van der Waals surface area contributed by atoms with Crippen LogP contribution in [0.2, 0.25) is 5.02 Å². The molecule has 0 aliphatic heterocycles. The molecule has 0 saturated carbocycles. The van der Waals surface area contributed by atoms with Gasteiger partial charge in [0.1, 0.15) is 0 Å². The lowest BCUT2D eigenvalue weighted by molar-refractivity contribution is -0.115. The maximum absolute atomic E-state index is 13.5. The normalized spacial score (nSPS) is 12.0. The van der Waals surface area contributed by atoms with Gasteiger partial charge in [0, 0.05) is 17.4 Å². The highest BCUT2D eigenvalue weighted by molar-refractivity contribution is 8.00. The van der Waals surface area contributed by atoms with Crippen LogP contribution < -0.4 is 10.9 Å². The van der Waals surface area contributed by atoms with Crippen LogP contribution in [0.4, 0.5) is 5.95 Å². The molecule has 0 fully saturated rings. The lowest BCUT2D eigenvalue weighted by Crippen LogP contribution is -2.27. The number of rotatable bonds is 5. The van der Waals surface area contributed by atoms with E-state index in [9.17, 15) is 9.59 Å². The second-order valence-electron chi connectivity index (χ2n) is 7.24. The maximum atomic E-state index is 13.5. The van der Waals surface area contributed by atoms with E-state index >= 15 is 0 Å². The first-order valence-corrected chi connectivity index (χ1v) is 11.1. The first-order chi connectivity index (χ1) is 15.3. The average Bonchev–Trinajstić information content (AvgIpc) is 2.77. The fourth-order valence-electron chi connectivity index (χ4n) is 3.19. The van der Waals surface area contributed by atoms with Crippen molar-refractivity contribution in [3.63, 3.8) is 0 Å². The van der Waals surface area contributed by atoms with Crippen LogP contribution in [0.3, 0.4) is 0 Å². The molecule has 32 heavy (non-hydrogen) atoms. The highest BCUT2D eigenvalue weighted by Gasteiger charge is 2.22. The third-order valence-electron chi connectivity index (χ3n) is 5.07. The van der Waals surface area contributed by atoms with Crippen molar-refractivity contribution >= 4 is 46.1 Å². The van der Waals surface area contributed by atoms with Crippen molar-refractivity contribution in [3.8, 4) is 5.69 Å². The van der Waals surface area contributed by atoms with Gasteiger partial charge >= 0.3 is 0 Å². The number of hydrogen-bond acceptors (Lipinski definition) is 6. The summed E-state index contributed by atoms with van der Waals surface area (Å²) in [5.41, 5.74) is 2.99. The minimum absolute atomic E-state index is 0.218. The Labute approximate surface area is 193 Å². The Morgan fingerprint density at radius 3 is 2.62 bits per heavy atom. The Bertz CT molecular complexity index is 1370. The van der Waals surface area contributed by atoms with Crippen LogP contribution >= 0.6 is 23.4 Å². The largest absolute Gasteiger partial charge is 0.294 e. The van der Waals surface area contributed by atoms with Crippen LogP contribution in [0, 0.1) is 13.8 Å². The molecule has 0 aliphatic rings. The summed E-state index contributed by atoms with van der Waals surface area (Å²) in [6.45, 7) is 5.69. The predicted molar refractivity (Wildman–Crippen MR) is 128 cm³/mol. The van der Waals surface area contributed by atoms with Crippen molar-refractivity contribution in [2.75, 3.05) is 5.32 Å². The molecule has 1 N–H and O–H groups in total. The molecule has 1 amide bonds. The number of anilines is 1. The molecule has 4 rings (SSSR count). The van der Waals surface area contributed by atoms with Gasteiger partial charge in [0.2, 0.25) is 11.9 Å². The van der Waals surface area contributed by atoms with Gasteiger partial charge in [-0.15, -0.1) is 0 Å². The quantitative estimate of drug-likeness (QED) is 0.343. The molecule has 9 heteroatoms. The molecular weight excluding hydrogens is 446 g/mol. The fourth-order valence-corrected chi connectivity index (χ4v) is 4.28. The number of carbonyl (C=O) groups excluding carboxylic acids is 1. The number of fused-ring (bicyclic) bond motifs is 1. The van der Waals surface area contributed by atoms with E-state index in [1.54, 1.807) is 48.1 Å². The molecule has 4 aromatic rings. The Hall–Kier alpha value is -3.23. The van der Waals surface area contributed by atoms with Crippen LogP contribution in [0.1, 0.15) is 18.1 Å². The number of benzene rings is 2. The van der Waals surface area contributed by atoms with Crippen molar-refractivity contribution in [3.05, 3.63) is 81.4 Å². The van der Waals surface area contributed by atoms with Crippen molar-refractivity contribution in [2.24, 2.45) is 0 Å². The van der Waals surface area contributed by atoms with E-state index in [4.69, 9.17) is 16.6 Å². The van der Waals surface area contributed by atoms with E-state index in [-0.39, 0.29) is 17.4 Å². The average molecular weight is 466 g/mol. The maximum Gasteiger partial charge on any atom is 0.266 e. The van der Waals surface area contributed by atoms with Crippen LogP contribution in [0.5, 0.6) is 0 Å². The molecule has 2 heterocycles. The number of nitrogens with one attached hydrogen (secondary N) is 1. The number of thioether (sulfide) groups is 1. The molecule has 2 aromatic heterocycles. The number of hydrogen-bond donors (Lipinski definition) is 1. The summed E-state index contributed by atoms with van der Waals surface area (Å²) >= 11 is 7.32. The Balaban J connectivity index is 1.81. The van der Waals surface area contributed by atoms with Crippen molar-refractivity contribution in [1.82, 2.24) is 19.5 Å². The van der Waals surface area contributed by atoms with E-state index in [1.807, 2.05) is 32.0 Å². The first-order valence-electron chi connectivity index (χ1n) is 9.88. The highest BCUT2D eigenvalue weighted by atomic mass is 35.5. The molecule has 0 radical (unpaired) electrons. The SMILES string of the molecule is Cc1cccc(-n2c(SC(C)C(=O)Nc3ncccn3)nc3cc(Cl)ccc3c2=O)c1C. The predicted octanol–water partition coefficient (Wildman–Crippen LogP) is 4.57. The van der Waals surface area contributed by atoms with E-state index in [0.717, 1.165) is 16.8 Å². The van der Waals surface area contributed by atoms with Crippen LogP contribution in [-0.2, 0) is 4.79 Å². The topological polar surface area (TPSA) is 89.8 Å². The Morgan fingerprint density at radius 2 is 1.88 bits per heavy atom. The monoisotopic (exact) mass is 465 g/mol. The van der Waals surface area contributed by atoms with Gasteiger partial charge in [-0.1, -0.05) is 35.5 Å². The molecule has 1 unspecified atom stereocenters. The van der Waals surface area contributed by atoms with Gasteiger partial charge in [0.15, 0.2) is 5.16 Å². The third-order valence-corrected chi connectivity index (χ3v) is 6.36. The zero-order valence-corrected chi connectivity index (χ0v) is 19.2. The molecule has 0 bridgehead atoms. The van der Waals surface area contributed by atoms with Gasteiger partial charge in [-0.05, 0) is 62.2 Å². The van der Waals surface area contributed by atoms with Gasteiger partial charge < -0.3 is 0 Å². The van der Waals surface area contributed by atoms with E-state index in [2.05, 4.69) is 15.3 Å². The summed E-state index contributed by atoms with van der Waals surface area (Å²) in [5.74, 6) is -0.0794. The fraction of sp³-hybridized carbons (Fsp3) is 0.174. The van der Waals surface area contributed by atoms with Crippen molar-refractivity contribution < 1.29 is 4.79 Å². The molecule has 2 aromatic carbocycles. The number of carbonyl (C=O) groups is 1. The second-order valence-corrected chi connectivity index (χ2v) is 8.98. The molecule has 0 spiro atoms. The summed E-state index contributed by atoms with van der Waals surface area (Å²) in [4.78, 5) is 39.0. The van der Waals surface area contributed by atoms with Crippen molar-refractivity contribution in [2.45, 2.75) is 31.2 Å². The summed E-state index contributed by atoms with van der Waals surface area (Å²) in [5, 5.41) is 3.45. The lowest BCUT2D eigenvalue weighted by Gasteiger charge is -2.18. The molecule has 0 aliphatic carbocycles. The van der Waals surface area contributed by atoms with Gasteiger partial charge in [0.05, 0.1) is 21.8 Å². The number of nitrogens with zero attached hydrogens (tertiary/aromatic N) is 4.